The van der Waals surface area contributed by atoms with E-state index in [0.717, 1.165) is 16.9 Å². The van der Waals surface area contributed by atoms with Crippen molar-refractivity contribution in [3.8, 4) is 0 Å². The molecule has 0 radical (unpaired) electrons. The monoisotopic (exact) mass is 343 g/mol. The fourth-order valence-corrected chi connectivity index (χ4v) is 2.87. The van der Waals surface area contributed by atoms with Gasteiger partial charge in [0.1, 0.15) is 5.65 Å². The standard InChI is InChI=1S/C17H18ClN5O/c1-9-5-16-19-14(8-23(16)7-12(9)18)10(2)17(24)20-15-6-13(21-22-15)11-3-4-11/h5-8,10-11H,3-4H2,1-2H3,(H2,20,21,22,24). The van der Waals surface area contributed by atoms with E-state index in [1.807, 2.05) is 42.8 Å². The van der Waals surface area contributed by atoms with Crippen LogP contribution in [0.3, 0.4) is 0 Å². The van der Waals surface area contributed by atoms with Crippen molar-refractivity contribution in [2.24, 2.45) is 0 Å². The first-order chi connectivity index (χ1) is 11.5. The summed E-state index contributed by atoms with van der Waals surface area (Å²) in [6, 6.07) is 3.82. The second-order valence-electron chi connectivity index (χ2n) is 6.43. The molecule has 1 unspecified atom stereocenters. The van der Waals surface area contributed by atoms with E-state index in [-0.39, 0.29) is 11.8 Å². The van der Waals surface area contributed by atoms with Gasteiger partial charge in [-0.05, 0) is 38.3 Å². The first kappa shape index (κ1) is 15.2. The van der Waals surface area contributed by atoms with Crippen molar-refractivity contribution in [2.45, 2.75) is 38.5 Å². The number of imidazole rings is 1. The number of fused-ring (bicyclic) bond motifs is 1. The summed E-state index contributed by atoms with van der Waals surface area (Å²) in [4.78, 5) is 17.0. The number of pyridine rings is 1. The maximum atomic E-state index is 12.5. The summed E-state index contributed by atoms with van der Waals surface area (Å²) >= 11 is 6.14. The van der Waals surface area contributed by atoms with Crippen molar-refractivity contribution in [1.29, 1.82) is 0 Å². The molecule has 0 aromatic carbocycles. The number of hydrogen-bond donors (Lipinski definition) is 2. The van der Waals surface area contributed by atoms with Crippen molar-refractivity contribution >= 4 is 29.0 Å². The molecule has 1 fully saturated rings. The van der Waals surface area contributed by atoms with E-state index in [9.17, 15) is 4.79 Å². The minimum Gasteiger partial charge on any atom is -0.309 e. The van der Waals surface area contributed by atoms with Gasteiger partial charge in [0.25, 0.3) is 0 Å². The summed E-state index contributed by atoms with van der Waals surface area (Å²) in [5.41, 5.74) is 3.54. The molecule has 1 atom stereocenters. The summed E-state index contributed by atoms with van der Waals surface area (Å²) < 4.78 is 1.84. The van der Waals surface area contributed by atoms with Crippen LogP contribution in [0.1, 0.15) is 48.6 Å². The molecule has 0 aliphatic heterocycles. The van der Waals surface area contributed by atoms with Gasteiger partial charge in [0.05, 0.1) is 16.6 Å². The van der Waals surface area contributed by atoms with Gasteiger partial charge in [-0.2, -0.15) is 5.10 Å². The highest BCUT2D eigenvalue weighted by atomic mass is 35.5. The third-order valence-electron chi connectivity index (χ3n) is 4.46. The van der Waals surface area contributed by atoms with E-state index in [1.54, 1.807) is 0 Å². The fourth-order valence-electron chi connectivity index (χ4n) is 2.71. The van der Waals surface area contributed by atoms with Gasteiger partial charge in [-0.25, -0.2) is 4.98 Å². The number of anilines is 1. The molecule has 3 aromatic heterocycles. The van der Waals surface area contributed by atoms with Crippen molar-refractivity contribution in [3.05, 3.63) is 46.5 Å². The Kier molecular flexibility index (Phi) is 3.57. The van der Waals surface area contributed by atoms with Crippen LogP contribution in [-0.4, -0.2) is 25.5 Å². The van der Waals surface area contributed by atoms with Crippen LogP contribution in [0.4, 0.5) is 5.82 Å². The molecule has 4 rings (SSSR count). The van der Waals surface area contributed by atoms with Crippen molar-refractivity contribution < 1.29 is 4.79 Å². The summed E-state index contributed by atoms with van der Waals surface area (Å²) in [7, 11) is 0. The van der Waals surface area contributed by atoms with E-state index in [0.29, 0.717) is 22.5 Å². The Morgan fingerprint density at radius 2 is 2.21 bits per heavy atom. The second kappa shape index (κ2) is 5.63. The minimum absolute atomic E-state index is 0.130. The van der Waals surface area contributed by atoms with Crippen LogP contribution in [0.15, 0.2) is 24.5 Å². The number of aryl methyl sites for hydroxylation is 1. The van der Waals surface area contributed by atoms with Crippen LogP contribution >= 0.6 is 11.6 Å². The molecule has 3 heterocycles. The summed E-state index contributed by atoms with van der Waals surface area (Å²) in [6.07, 6.45) is 6.03. The van der Waals surface area contributed by atoms with Crippen molar-refractivity contribution in [2.75, 3.05) is 5.32 Å². The van der Waals surface area contributed by atoms with Gasteiger partial charge >= 0.3 is 0 Å². The lowest BCUT2D eigenvalue weighted by molar-refractivity contribution is -0.117. The molecule has 0 bridgehead atoms. The molecule has 24 heavy (non-hydrogen) atoms. The molecule has 7 heteroatoms. The normalized spacial score (nSPS) is 15.6. The number of aromatic nitrogens is 4. The largest absolute Gasteiger partial charge is 0.309 e. The molecular weight excluding hydrogens is 326 g/mol. The van der Waals surface area contributed by atoms with Crippen molar-refractivity contribution in [1.82, 2.24) is 19.6 Å². The molecule has 3 aromatic rings. The lowest BCUT2D eigenvalue weighted by Gasteiger charge is -2.07. The Hall–Kier alpha value is -2.34. The number of carbonyl (C=O) groups excluding carboxylic acids is 1. The van der Waals surface area contributed by atoms with Crippen LogP contribution in [-0.2, 0) is 4.79 Å². The highest BCUT2D eigenvalue weighted by molar-refractivity contribution is 6.31. The SMILES string of the molecule is Cc1cc2nc(C(C)C(=O)Nc3cc(C4CC4)[nH]n3)cn2cc1Cl. The number of rotatable bonds is 4. The molecule has 1 aliphatic carbocycles. The molecule has 2 N–H and O–H groups in total. The lowest BCUT2D eigenvalue weighted by atomic mass is 10.1. The summed E-state index contributed by atoms with van der Waals surface area (Å²) in [6.45, 7) is 3.77. The Morgan fingerprint density at radius 3 is 2.96 bits per heavy atom. The third-order valence-corrected chi connectivity index (χ3v) is 4.85. The predicted octanol–water partition coefficient (Wildman–Crippen LogP) is 3.64. The van der Waals surface area contributed by atoms with E-state index in [1.165, 1.54) is 12.8 Å². The lowest BCUT2D eigenvalue weighted by Crippen LogP contribution is -2.19. The topological polar surface area (TPSA) is 75.1 Å². The van der Waals surface area contributed by atoms with Crippen LogP contribution in [0.2, 0.25) is 5.02 Å². The first-order valence-corrected chi connectivity index (χ1v) is 8.40. The van der Waals surface area contributed by atoms with Gasteiger partial charge in [0.15, 0.2) is 5.82 Å². The zero-order valence-corrected chi connectivity index (χ0v) is 14.3. The quantitative estimate of drug-likeness (QED) is 0.759. The zero-order valence-electron chi connectivity index (χ0n) is 13.5. The molecule has 0 spiro atoms. The van der Waals surface area contributed by atoms with E-state index in [2.05, 4.69) is 20.5 Å². The third kappa shape index (κ3) is 2.78. The maximum absolute atomic E-state index is 12.5. The molecule has 1 saturated carbocycles. The maximum Gasteiger partial charge on any atom is 0.234 e. The molecule has 1 amide bonds. The molecule has 124 valence electrons. The average Bonchev–Trinajstić information content (AvgIpc) is 3.17. The first-order valence-electron chi connectivity index (χ1n) is 8.02. The summed E-state index contributed by atoms with van der Waals surface area (Å²) in [5, 5.41) is 10.7. The predicted molar refractivity (Wildman–Crippen MR) is 92.5 cm³/mol. The Bertz CT molecular complexity index is 885. The Balaban J connectivity index is 1.53. The highest BCUT2D eigenvalue weighted by Gasteiger charge is 2.26. The Morgan fingerprint density at radius 1 is 1.42 bits per heavy atom. The zero-order chi connectivity index (χ0) is 16.8. The molecule has 1 aliphatic rings. The van der Waals surface area contributed by atoms with Crippen molar-refractivity contribution in [3.63, 3.8) is 0 Å². The second-order valence-corrected chi connectivity index (χ2v) is 6.84. The van der Waals surface area contributed by atoms with Crippen LogP contribution in [0.5, 0.6) is 0 Å². The van der Waals surface area contributed by atoms with E-state index in [4.69, 9.17) is 11.6 Å². The number of nitrogens with zero attached hydrogens (tertiary/aromatic N) is 3. The van der Waals surface area contributed by atoms with E-state index >= 15 is 0 Å². The number of halogens is 1. The number of aromatic amines is 1. The van der Waals surface area contributed by atoms with Crippen LogP contribution in [0.25, 0.3) is 5.65 Å². The van der Waals surface area contributed by atoms with Gasteiger partial charge in [-0.15, -0.1) is 0 Å². The molecule has 0 saturated heterocycles. The summed E-state index contributed by atoms with van der Waals surface area (Å²) in [5.74, 6) is 0.628. The van der Waals surface area contributed by atoms with Gasteiger partial charge in [-0.3, -0.25) is 9.89 Å². The van der Waals surface area contributed by atoms with Crippen LogP contribution < -0.4 is 5.32 Å². The Labute approximate surface area is 144 Å². The molecular formula is C17H18ClN5O. The minimum atomic E-state index is -0.384. The van der Waals surface area contributed by atoms with Gasteiger partial charge in [0.2, 0.25) is 5.91 Å². The smallest absolute Gasteiger partial charge is 0.234 e. The van der Waals surface area contributed by atoms with Gasteiger partial charge in [0, 0.05) is 30.1 Å². The number of carbonyl (C=O) groups is 1. The highest BCUT2D eigenvalue weighted by Crippen LogP contribution is 2.39. The fraction of sp³-hybridized carbons (Fsp3) is 0.353. The average molecular weight is 344 g/mol. The number of hydrogen-bond acceptors (Lipinski definition) is 3. The molecule has 6 nitrogen and oxygen atoms in total. The van der Waals surface area contributed by atoms with Crippen LogP contribution in [0, 0.1) is 6.92 Å². The van der Waals surface area contributed by atoms with Gasteiger partial charge in [-0.1, -0.05) is 11.6 Å². The van der Waals surface area contributed by atoms with E-state index < -0.39 is 0 Å². The van der Waals surface area contributed by atoms with Gasteiger partial charge < -0.3 is 9.72 Å². The number of nitrogens with one attached hydrogen (secondary N) is 2. The number of amides is 1. The number of H-pyrrole nitrogens is 1.